The molecule has 3 rings (SSSR count). The first-order valence-electron chi connectivity index (χ1n) is 8.49. The van der Waals surface area contributed by atoms with Gasteiger partial charge in [-0.1, -0.05) is 18.2 Å². The normalized spacial score (nSPS) is 13.1. The van der Waals surface area contributed by atoms with Crippen molar-refractivity contribution in [3.63, 3.8) is 0 Å². The smallest absolute Gasteiger partial charge is 0.306 e. The van der Waals surface area contributed by atoms with Crippen molar-refractivity contribution in [1.82, 2.24) is 14.7 Å². The van der Waals surface area contributed by atoms with E-state index in [1.54, 1.807) is 37.4 Å². The van der Waals surface area contributed by atoms with Crippen molar-refractivity contribution < 1.29 is 19.4 Å². The Morgan fingerprint density at radius 1 is 1.26 bits per heavy atom. The number of methoxy groups -OCH3 is 1. The largest absolute Gasteiger partial charge is 0.497 e. The fourth-order valence-corrected chi connectivity index (χ4v) is 3.08. The molecule has 0 saturated carbocycles. The molecular weight excluding hydrogens is 346 g/mol. The van der Waals surface area contributed by atoms with Gasteiger partial charge in [-0.05, 0) is 36.8 Å². The summed E-state index contributed by atoms with van der Waals surface area (Å²) in [5, 5.41) is 12.2. The Bertz CT molecular complexity index is 949. The molecule has 0 aliphatic rings. The minimum Gasteiger partial charge on any atom is -0.497 e. The second-order valence-corrected chi connectivity index (χ2v) is 6.56. The monoisotopic (exact) mass is 367 g/mol. The number of amides is 1. The molecule has 1 atom stereocenters. The van der Waals surface area contributed by atoms with Crippen LogP contribution in [0.3, 0.4) is 0 Å². The molecule has 0 aliphatic carbocycles. The molecule has 1 aromatic carbocycles. The molecule has 1 amide bonds. The number of nitrogens with zero attached hydrogens (tertiary/aromatic N) is 2. The van der Waals surface area contributed by atoms with Crippen molar-refractivity contribution in [1.29, 1.82) is 0 Å². The fourth-order valence-electron chi connectivity index (χ4n) is 3.08. The molecule has 0 aliphatic heterocycles. The molecule has 7 heteroatoms. The van der Waals surface area contributed by atoms with Crippen LogP contribution in [0.5, 0.6) is 5.75 Å². The van der Waals surface area contributed by atoms with Gasteiger partial charge in [0, 0.05) is 12.4 Å². The van der Waals surface area contributed by atoms with E-state index in [0.29, 0.717) is 17.0 Å². The van der Waals surface area contributed by atoms with Gasteiger partial charge in [-0.3, -0.25) is 9.59 Å². The van der Waals surface area contributed by atoms with Crippen LogP contribution >= 0.6 is 0 Å². The maximum Gasteiger partial charge on any atom is 0.306 e. The van der Waals surface area contributed by atoms with Crippen molar-refractivity contribution in [2.75, 3.05) is 7.11 Å². The fraction of sp³-hybridized carbons (Fsp3) is 0.250. The molecule has 0 saturated heterocycles. The Morgan fingerprint density at radius 2 is 2.07 bits per heavy atom. The van der Waals surface area contributed by atoms with Gasteiger partial charge in [-0.15, -0.1) is 0 Å². The van der Waals surface area contributed by atoms with E-state index in [1.807, 2.05) is 28.8 Å². The van der Waals surface area contributed by atoms with Gasteiger partial charge in [0.1, 0.15) is 11.4 Å². The van der Waals surface area contributed by atoms with Crippen LogP contribution in [-0.2, 0) is 21.5 Å². The number of carbonyl (C=O) groups excluding carboxylic acids is 1. The lowest BCUT2D eigenvalue weighted by Gasteiger charge is -2.30. The van der Waals surface area contributed by atoms with Crippen LogP contribution in [0.15, 0.2) is 54.9 Å². The van der Waals surface area contributed by atoms with Crippen LogP contribution in [0.1, 0.15) is 24.6 Å². The van der Waals surface area contributed by atoms with Crippen LogP contribution in [0.2, 0.25) is 0 Å². The van der Waals surface area contributed by atoms with Crippen molar-refractivity contribution in [3.8, 4) is 5.75 Å². The van der Waals surface area contributed by atoms with Crippen molar-refractivity contribution in [2.24, 2.45) is 0 Å². The van der Waals surface area contributed by atoms with E-state index in [4.69, 9.17) is 4.74 Å². The number of ether oxygens (including phenoxy) is 1. The Hall–Kier alpha value is -3.35. The Labute approximate surface area is 156 Å². The predicted molar refractivity (Wildman–Crippen MR) is 99.6 cm³/mol. The zero-order chi connectivity index (χ0) is 19.4. The maximum atomic E-state index is 12.6. The van der Waals surface area contributed by atoms with E-state index in [-0.39, 0.29) is 18.7 Å². The molecule has 0 fully saturated rings. The SMILES string of the molecule is COc1cccc(C(C)(CC(=O)O)NC(=O)Cc2cn3ccccc3n2)c1. The first-order chi connectivity index (χ1) is 12.9. The van der Waals surface area contributed by atoms with Crippen LogP contribution in [-0.4, -0.2) is 33.5 Å². The van der Waals surface area contributed by atoms with Crippen LogP contribution in [0.4, 0.5) is 0 Å². The number of imidazole rings is 1. The van der Waals surface area contributed by atoms with E-state index < -0.39 is 11.5 Å². The summed E-state index contributed by atoms with van der Waals surface area (Å²) in [7, 11) is 1.54. The maximum absolute atomic E-state index is 12.6. The highest BCUT2D eigenvalue weighted by Crippen LogP contribution is 2.28. The molecule has 0 bridgehead atoms. The average molecular weight is 367 g/mol. The zero-order valence-corrected chi connectivity index (χ0v) is 15.2. The van der Waals surface area contributed by atoms with E-state index in [2.05, 4.69) is 10.3 Å². The molecule has 0 radical (unpaired) electrons. The molecule has 2 aromatic heterocycles. The lowest BCUT2D eigenvalue weighted by molar-refractivity contribution is -0.139. The third-order valence-electron chi connectivity index (χ3n) is 4.38. The molecule has 27 heavy (non-hydrogen) atoms. The first-order valence-corrected chi connectivity index (χ1v) is 8.49. The summed E-state index contributed by atoms with van der Waals surface area (Å²) in [5.41, 5.74) is 0.951. The molecule has 0 spiro atoms. The molecular formula is C20H21N3O4. The number of aromatic nitrogens is 2. The molecule has 2 heterocycles. The van der Waals surface area contributed by atoms with Crippen LogP contribution in [0.25, 0.3) is 5.65 Å². The summed E-state index contributed by atoms with van der Waals surface area (Å²) in [6.45, 7) is 1.69. The predicted octanol–water partition coefficient (Wildman–Crippen LogP) is 2.39. The quantitative estimate of drug-likeness (QED) is 0.669. The molecule has 140 valence electrons. The number of carbonyl (C=O) groups is 2. The number of aliphatic carboxylic acids is 1. The van der Waals surface area contributed by atoms with Gasteiger partial charge in [0.25, 0.3) is 0 Å². The average Bonchev–Trinajstić information content (AvgIpc) is 3.02. The number of nitrogens with one attached hydrogen (secondary N) is 1. The molecule has 3 aromatic rings. The Morgan fingerprint density at radius 3 is 2.78 bits per heavy atom. The minimum absolute atomic E-state index is 0.0564. The standard InChI is InChI=1S/C20H21N3O4/c1-20(12-19(25)26,14-6-5-7-16(10-14)27-2)22-18(24)11-15-13-23-9-4-3-8-17(23)21-15/h3-10,13H,11-12H2,1-2H3,(H,22,24)(H,25,26). The third kappa shape index (κ3) is 4.25. The minimum atomic E-state index is -1.07. The molecule has 2 N–H and O–H groups in total. The third-order valence-corrected chi connectivity index (χ3v) is 4.38. The Kier molecular flexibility index (Phi) is 5.12. The van der Waals surface area contributed by atoms with Gasteiger partial charge < -0.3 is 19.6 Å². The number of hydrogen-bond acceptors (Lipinski definition) is 4. The number of fused-ring (bicyclic) bond motifs is 1. The first kappa shape index (κ1) is 18.4. The molecule has 7 nitrogen and oxygen atoms in total. The number of hydrogen-bond donors (Lipinski definition) is 2. The van der Waals surface area contributed by atoms with Crippen LogP contribution in [0, 0.1) is 0 Å². The summed E-state index contributed by atoms with van der Waals surface area (Å²) in [5.74, 6) is -0.711. The van der Waals surface area contributed by atoms with E-state index in [1.165, 1.54) is 7.11 Å². The van der Waals surface area contributed by atoms with Gasteiger partial charge in [-0.2, -0.15) is 0 Å². The highest BCUT2D eigenvalue weighted by Gasteiger charge is 2.32. The van der Waals surface area contributed by atoms with E-state index in [9.17, 15) is 14.7 Å². The van der Waals surface area contributed by atoms with Gasteiger partial charge in [-0.25, -0.2) is 4.98 Å². The highest BCUT2D eigenvalue weighted by molar-refractivity contribution is 5.80. The number of pyridine rings is 1. The summed E-state index contributed by atoms with van der Waals surface area (Å²) >= 11 is 0. The Balaban J connectivity index is 1.82. The highest BCUT2D eigenvalue weighted by atomic mass is 16.5. The van der Waals surface area contributed by atoms with Gasteiger partial charge in [0.2, 0.25) is 5.91 Å². The lowest BCUT2D eigenvalue weighted by Crippen LogP contribution is -2.45. The lowest BCUT2D eigenvalue weighted by atomic mass is 9.88. The summed E-state index contributed by atoms with van der Waals surface area (Å²) < 4.78 is 7.05. The number of benzene rings is 1. The van der Waals surface area contributed by atoms with Gasteiger partial charge >= 0.3 is 5.97 Å². The number of carboxylic acids is 1. The van der Waals surface area contributed by atoms with Crippen molar-refractivity contribution in [3.05, 3.63) is 66.1 Å². The van der Waals surface area contributed by atoms with Gasteiger partial charge in [0.05, 0.1) is 31.2 Å². The second kappa shape index (κ2) is 7.49. The zero-order valence-electron chi connectivity index (χ0n) is 15.2. The van der Waals surface area contributed by atoms with Crippen molar-refractivity contribution >= 4 is 17.5 Å². The second-order valence-electron chi connectivity index (χ2n) is 6.56. The van der Waals surface area contributed by atoms with E-state index >= 15 is 0 Å². The van der Waals surface area contributed by atoms with Crippen molar-refractivity contribution in [2.45, 2.75) is 25.3 Å². The number of carboxylic acid groups (broad SMARTS) is 1. The van der Waals surface area contributed by atoms with Gasteiger partial charge in [0.15, 0.2) is 0 Å². The summed E-state index contributed by atoms with van der Waals surface area (Å²) in [6, 6.07) is 12.6. The topological polar surface area (TPSA) is 92.9 Å². The number of rotatable bonds is 7. The summed E-state index contributed by atoms with van der Waals surface area (Å²) in [6.07, 6.45) is 3.45. The summed E-state index contributed by atoms with van der Waals surface area (Å²) in [4.78, 5) is 28.4. The molecule has 1 unspecified atom stereocenters. The van der Waals surface area contributed by atoms with Crippen LogP contribution < -0.4 is 10.1 Å². The van der Waals surface area contributed by atoms with E-state index in [0.717, 1.165) is 5.65 Å².